The van der Waals surface area contributed by atoms with Crippen molar-refractivity contribution in [3.63, 3.8) is 0 Å². The topological polar surface area (TPSA) is 0 Å². The van der Waals surface area contributed by atoms with Crippen LogP contribution in [0.15, 0.2) is 30.3 Å². The molecule has 0 aliphatic rings. The summed E-state index contributed by atoms with van der Waals surface area (Å²) in [6, 6.07) is 11.5. The molecule has 0 N–H and O–H groups in total. The van der Waals surface area contributed by atoms with Crippen LogP contribution in [-0.4, -0.2) is 24.1 Å². The van der Waals surface area contributed by atoms with Gasteiger partial charge in [0.05, 0.1) is 19.6 Å². The standard InChI is InChI=1S/C14H24N/c1-5-11-15(4,13(2)3)12-14-9-7-6-8-10-14/h6-10,13H,5,11-12H2,1-4H3/q+1. The maximum atomic E-state index is 2.36. The molecule has 15 heavy (non-hydrogen) atoms. The van der Waals surface area contributed by atoms with Crippen molar-refractivity contribution in [3.05, 3.63) is 35.9 Å². The summed E-state index contributed by atoms with van der Waals surface area (Å²) in [5.41, 5.74) is 1.45. The Bertz CT molecular complexity index is 279. The predicted octanol–water partition coefficient (Wildman–Crippen LogP) is 3.45. The fourth-order valence-electron chi connectivity index (χ4n) is 2.03. The quantitative estimate of drug-likeness (QED) is 0.647. The molecule has 1 aromatic carbocycles. The highest BCUT2D eigenvalue weighted by molar-refractivity contribution is 5.13. The molecule has 0 fully saturated rings. The lowest BCUT2D eigenvalue weighted by molar-refractivity contribution is -0.942. The molecule has 1 nitrogen and oxygen atoms in total. The van der Waals surface area contributed by atoms with E-state index in [9.17, 15) is 0 Å². The molecule has 0 saturated heterocycles. The molecule has 84 valence electrons. The van der Waals surface area contributed by atoms with Gasteiger partial charge in [-0.25, -0.2) is 0 Å². The Morgan fingerprint density at radius 2 is 1.73 bits per heavy atom. The molecule has 1 atom stereocenters. The number of quaternary nitrogens is 1. The van der Waals surface area contributed by atoms with Crippen molar-refractivity contribution in [3.8, 4) is 0 Å². The first-order chi connectivity index (χ1) is 7.08. The van der Waals surface area contributed by atoms with Gasteiger partial charge in [-0.05, 0) is 20.3 Å². The Kier molecular flexibility index (Phi) is 4.34. The Morgan fingerprint density at radius 1 is 1.13 bits per heavy atom. The van der Waals surface area contributed by atoms with Gasteiger partial charge in [-0.2, -0.15) is 0 Å². The Balaban J connectivity index is 2.75. The zero-order valence-electron chi connectivity index (χ0n) is 10.5. The van der Waals surface area contributed by atoms with Crippen LogP contribution in [0.4, 0.5) is 0 Å². The van der Waals surface area contributed by atoms with Crippen LogP contribution in [0.25, 0.3) is 0 Å². The fraction of sp³-hybridized carbons (Fsp3) is 0.571. The predicted molar refractivity (Wildman–Crippen MR) is 66.6 cm³/mol. The minimum Gasteiger partial charge on any atom is -0.320 e. The molecule has 0 aliphatic carbocycles. The highest BCUT2D eigenvalue weighted by Crippen LogP contribution is 2.17. The number of rotatable bonds is 5. The molecule has 1 heteroatoms. The van der Waals surface area contributed by atoms with Gasteiger partial charge in [-0.1, -0.05) is 37.3 Å². The number of hydrogen-bond donors (Lipinski definition) is 0. The minimum atomic E-state index is 0.685. The van der Waals surface area contributed by atoms with Crippen LogP contribution in [0.3, 0.4) is 0 Å². The summed E-state index contributed by atoms with van der Waals surface area (Å²) >= 11 is 0. The van der Waals surface area contributed by atoms with Crippen LogP contribution in [0.5, 0.6) is 0 Å². The zero-order valence-corrected chi connectivity index (χ0v) is 10.5. The molecule has 0 spiro atoms. The molecule has 0 aromatic heterocycles. The zero-order chi connectivity index (χ0) is 11.3. The summed E-state index contributed by atoms with van der Waals surface area (Å²) in [6.07, 6.45) is 1.25. The van der Waals surface area contributed by atoms with E-state index in [1.807, 2.05) is 0 Å². The molecular weight excluding hydrogens is 182 g/mol. The summed E-state index contributed by atoms with van der Waals surface area (Å²) < 4.78 is 1.14. The lowest BCUT2D eigenvalue weighted by Gasteiger charge is -2.38. The van der Waals surface area contributed by atoms with Gasteiger partial charge in [-0.15, -0.1) is 0 Å². The maximum absolute atomic E-state index is 2.36. The van der Waals surface area contributed by atoms with Crippen LogP contribution in [0.1, 0.15) is 32.8 Å². The molecule has 0 saturated carbocycles. The van der Waals surface area contributed by atoms with E-state index in [0.29, 0.717) is 6.04 Å². The van der Waals surface area contributed by atoms with Crippen molar-refractivity contribution < 1.29 is 4.48 Å². The van der Waals surface area contributed by atoms with Crippen LogP contribution >= 0.6 is 0 Å². The highest BCUT2D eigenvalue weighted by atomic mass is 15.3. The Morgan fingerprint density at radius 3 is 2.20 bits per heavy atom. The third-order valence-corrected chi connectivity index (χ3v) is 3.37. The van der Waals surface area contributed by atoms with Crippen LogP contribution < -0.4 is 0 Å². The van der Waals surface area contributed by atoms with E-state index < -0.39 is 0 Å². The van der Waals surface area contributed by atoms with Gasteiger partial charge in [0.1, 0.15) is 6.54 Å². The largest absolute Gasteiger partial charge is 0.320 e. The average Bonchev–Trinajstić information content (AvgIpc) is 2.19. The fourth-order valence-corrected chi connectivity index (χ4v) is 2.03. The normalized spacial score (nSPS) is 15.3. The lowest BCUT2D eigenvalue weighted by atomic mass is 10.1. The average molecular weight is 206 g/mol. The van der Waals surface area contributed by atoms with Crippen LogP contribution in [-0.2, 0) is 6.54 Å². The first-order valence-corrected chi connectivity index (χ1v) is 5.96. The molecule has 0 bridgehead atoms. The molecule has 0 heterocycles. The van der Waals surface area contributed by atoms with Gasteiger partial charge in [0.25, 0.3) is 0 Å². The van der Waals surface area contributed by atoms with Crippen molar-refractivity contribution >= 4 is 0 Å². The third kappa shape index (κ3) is 3.35. The number of nitrogens with zero attached hydrogens (tertiary/aromatic N) is 1. The number of benzene rings is 1. The highest BCUT2D eigenvalue weighted by Gasteiger charge is 2.24. The smallest absolute Gasteiger partial charge is 0.104 e. The van der Waals surface area contributed by atoms with Crippen LogP contribution in [0, 0.1) is 0 Å². The summed E-state index contributed by atoms with van der Waals surface area (Å²) in [4.78, 5) is 0. The van der Waals surface area contributed by atoms with Crippen molar-refractivity contribution in [2.45, 2.75) is 39.8 Å². The summed E-state index contributed by atoms with van der Waals surface area (Å²) in [5, 5.41) is 0. The first kappa shape index (κ1) is 12.3. The van der Waals surface area contributed by atoms with Gasteiger partial charge >= 0.3 is 0 Å². The first-order valence-electron chi connectivity index (χ1n) is 5.96. The molecule has 1 rings (SSSR count). The molecule has 0 aliphatic heterocycles. The van der Waals surface area contributed by atoms with Gasteiger partial charge in [0, 0.05) is 5.56 Å². The van der Waals surface area contributed by atoms with E-state index >= 15 is 0 Å². The monoisotopic (exact) mass is 206 g/mol. The van der Waals surface area contributed by atoms with E-state index in [0.717, 1.165) is 11.0 Å². The minimum absolute atomic E-state index is 0.685. The van der Waals surface area contributed by atoms with Crippen molar-refractivity contribution in [2.75, 3.05) is 13.6 Å². The second kappa shape index (κ2) is 5.32. The molecular formula is C14H24N+. The lowest BCUT2D eigenvalue weighted by Crippen LogP contribution is -2.49. The Labute approximate surface area is 94.3 Å². The summed E-state index contributed by atoms with van der Waals surface area (Å²) in [6.45, 7) is 9.31. The van der Waals surface area contributed by atoms with E-state index in [-0.39, 0.29) is 0 Å². The molecule has 1 unspecified atom stereocenters. The van der Waals surface area contributed by atoms with Gasteiger partial charge < -0.3 is 4.48 Å². The van der Waals surface area contributed by atoms with Gasteiger partial charge in [-0.3, -0.25) is 0 Å². The van der Waals surface area contributed by atoms with Crippen molar-refractivity contribution in [1.29, 1.82) is 0 Å². The van der Waals surface area contributed by atoms with Crippen LogP contribution in [0.2, 0.25) is 0 Å². The SMILES string of the molecule is CCC[N+](C)(Cc1ccccc1)C(C)C. The Hall–Kier alpha value is -0.820. The second-order valence-corrected chi connectivity index (χ2v) is 4.94. The third-order valence-electron chi connectivity index (χ3n) is 3.37. The summed E-state index contributed by atoms with van der Waals surface area (Å²) in [7, 11) is 2.36. The number of hydrogen-bond acceptors (Lipinski definition) is 0. The van der Waals surface area contributed by atoms with Gasteiger partial charge in [0.15, 0.2) is 0 Å². The van der Waals surface area contributed by atoms with E-state index in [1.54, 1.807) is 0 Å². The maximum Gasteiger partial charge on any atom is 0.104 e. The van der Waals surface area contributed by atoms with E-state index in [1.165, 1.54) is 18.5 Å². The summed E-state index contributed by atoms with van der Waals surface area (Å²) in [5.74, 6) is 0. The molecule has 0 radical (unpaired) electrons. The van der Waals surface area contributed by atoms with Crippen molar-refractivity contribution in [2.24, 2.45) is 0 Å². The van der Waals surface area contributed by atoms with E-state index in [4.69, 9.17) is 0 Å². The van der Waals surface area contributed by atoms with E-state index in [2.05, 4.69) is 58.2 Å². The molecule has 1 aromatic rings. The van der Waals surface area contributed by atoms with Crippen molar-refractivity contribution in [1.82, 2.24) is 0 Å². The van der Waals surface area contributed by atoms with Gasteiger partial charge in [0.2, 0.25) is 0 Å². The molecule has 0 amide bonds. The second-order valence-electron chi connectivity index (χ2n) is 4.94.